The van der Waals surface area contributed by atoms with Gasteiger partial charge in [0.25, 0.3) is 10.0 Å². The number of nitrogens with one attached hydrogen (secondary N) is 1. The quantitative estimate of drug-likeness (QED) is 0.551. The van der Waals surface area contributed by atoms with E-state index in [1.807, 2.05) is 17.5 Å². The summed E-state index contributed by atoms with van der Waals surface area (Å²) < 4.78 is 54.0. The second-order valence-electron chi connectivity index (χ2n) is 6.94. The predicted octanol–water partition coefficient (Wildman–Crippen LogP) is 4.31. The lowest BCUT2D eigenvalue weighted by molar-refractivity contribution is 0.375. The minimum absolute atomic E-state index is 0.0362. The molecule has 0 fully saturated rings. The Morgan fingerprint density at radius 3 is 2.52 bits per heavy atom. The zero-order valence-corrected chi connectivity index (χ0v) is 19.5. The molecular formula is C20H18ClN3O4S3. The molecule has 0 radical (unpaired) electrons. The van der Waals surface area contributed by atoms with Gasteiger partial charge in [-0.2, -0.15) is 17.9 Å². The molecule has 1 aromatic heterocycles. The number of hydrazone groups is 1. The number of hydrogen-bond donors (Lipinski definition) is 1. The van der Waals surface area contributed by atoms with Crippen LogP contribution in [0.1, 0.15) is 22.9 Å². The SMILES string of the molecule is CS(=O)(=O)Nc1ccccc1C1=NN(S(=O)(=O)c2cccc(Cl)c2)C(c2cccs2)C1. The number of para-hydroxylation sites is 1. The summed E-state index contributed by atoms with van der Waals surface area (Å²) in [6.45, 7) is 0. The minimum atomic E-state index is -4.00. The van der Waals surface area contributed by atoms with E-state index in [0.29, 0.717) is 28.4 Å². The Labute approximate surface area is 190 Å². The number of sulfonamides is 2. The molecule has 1 atom stereocenters. The number of benzene rings is 2. The van der Waals surface area contributed by atoms with Crippen LogP contribution in [0.25, 0.3) is 0 Å². The molecule has 1 aliphatic rings. The lowest BCUT2D eigenvalue weighted by Gasteiger charge is -2.22. The van der Waals surface area contributed by atoms with Crippen LogP contribution in [0, 0.1) is 0 Å². The van der Waals surface area contributed by atoms with Crippen LogP contribution in [0.4, 0.5) is 5.69 Å². The molecule has 0 amide bonds. The molecule has 1 aliphatic heterocycles. The third-order valence-electron chi connectivity index (χ3n) is 4.62. The van der Waals surface area contributed by atoms with E-state index < -0.39 is 26.1 Å². The standard InChI is InChI=1S/C20H18ClN3O4S3/c1-30(25,26)23-17-9-3-2-8-16(17)18-13-19(20-10-5-11-29-20)24(22-18)31(27,28)15-7-4-6-14(21)12-15/h2-12,19,23H,13H2,1H3. The first-order valence-corrected chi connectivity index (χ1v) is 13.7. The van der Waals surface area contributed by atoms with Gasteiger partial charge in [0.05, 0.1) is 22.6 Å². The Balaban J connectivity index is 1.82. The smallest absolute Gasteiger partial charge is 0.279 e. The van der Waals surface area contributed by atoms with E-state index in [2.05, 4.69) is 9.82 Å². The van der Waals surface area contributed by atoms with Gasteiger partial charge in [0.15, 0.2) is 0 Å². The highest BCUT2D eigenvalue weighted by molar-refractivity contribution is 7.92. The maximum atomic E-state index is 13.4. The Bertz CT molecular complexity index is 1350. The monoisotopic (exact) mass is 495 g/mol. The van der Waals surface area contributed by atoms with E-state index in [9.17, 15) is 16.8 Å². The molecule has 2 heterocycles. The Morgan fingerprint density at radius 2 is 1.84 bits per heavy atom. The fourth-order valence-electron chi connectivity index (χ4n) is 3.33. The number of nitrogens with zero attached hydrogens (tertiary/aromatic N) is 2. The zero-order chi connectivity index (χ0) is 22.2. The fourth-order valence-corrected chi connectivity index (χ4v) is 6.51. The molecule has 0 spiro atoms. The van der Waals surface area contributed by atoms with Crippen molar-refractivity contribution in [1.29, 1.82) is 0 Å². The van der Waals surface area contributed by atoms with E-state index in [4.69, 9.17) is 11.6 Å². The van der Waals surface area contributed by atoms with Crippen molar-refractivity contribution in [2.24, 2.45) is 5.10 Å². The first kappa shape index (κ1) is 21.8. The van der Waals surface area contributed by atoms with Crippen LogP contribution in [0.2, 0.25) is 5.02 Å². The molecule has 0 saturated carbocycles. The highest BCUT2D eigenvalue weighted by Gasteiger charge is 2.38. The van der Waals surface area contributed by atoms with Crippen molar-refractivity contribution < 1.29 is 16.8 Å². The van der Waals surface area contributed by atoms with Gasteiger partial charge in [-0.25, -0.2) is 8.42 Å². The summed E-state index contributed by atoms with van der Waals surface area (Å²) in [5.41, 5.74) is 1.34. The molecule has 1 unspecified atom stereocenters. The van der Waals surface area contributed by atoms with E-state index >= 15 is 0 Å². The zero-order valence-electron chi connectivity index (χ0n) is 16.3. The van der Waals surface area contributed by atoms with Crippen LogP contribution >= 0.6 is 22.9 Å². The summed E-state index contributed by atoms with van der Waals surface area (Å²) in [5.74, 6) is 0. The normalized spacial score (nSPS) is 16.9. The summed E-state index contributed by atoms with van der Waals surface area (Å²) in [6, 6.07) is 16.0. The molecule has 31 heavy (non-hydrogen) atoms. The van der Waals surface area contributed by atoms with Gasteiger partial charge in [-0.05, 0) is 35.7 Å². The van der Waals surface area contributed by atoms with Crippen molar-refractivity contribution in [3.8, 4) is 0 Å². The van der Waals surface area contributed by atoms with Gasteiger partial charge in [-0.15, -0.1) is 11.3 Å². The maximum Gasteiger partial charge on any atom is 0.279 e. The maximum absolute atomic E-state index is 13.4. The van der Waals surface area contributed by atoms with Crippen molar-refractivity contribution in [3.63, 3.8) is 0 Å². The summed E-state index contributed by atoms with van der Waals surface area (Å²) in [7, 11) is -7.52. The lowest BCUT2D eigenvalue weighted by Crippen LogP contribution is -2.26. The van der Waals surface area contributed by atoms with Gasteiger partial charge >= 0.3 is 0 Å². The number of hydrogen-bond acceptors (Lipinski definition) is 6. The van der Waals surface area contributed by atoms with Crippen molar-refractivity contribution in [1.82, 2.24) is 4.41 Å². The van der Waals surface area contributed by atoms with E-state index in [0.717, 1.165) is 15.5 Å². The fraction of sp³-hybridized carbons (Fsp3) is 0.150. The number of thiophene rings is 1. The van der Waals surface area contributed by atoms with Gasteiger partial charge in [0, 0.05) is 21.9 Å². The number of rotatable bonds is 6. The van der Waals surface area contributed by atoms with Crippen LogP contribution in [0.15, 0.2) is 76.0 Å². The Morgan fingerprint density at radius 1 is 1.06 bits per heavy atom. The van der Waals surface area contributed by atoms with Crippen LogP contribution in [0.5, 0.6) is 0 Å². The van der Waals surface area contributed by atoms with Gasteiger partial charge < -0.3 is 0 Å². The first-order valence-electron chi connectivity index (χ1n) is 9.13. The second-order valence-corrected chi connectivity index (χ2v) is 11.9. The van der Waals surface area contributed by atoms with Gasteiger partial charge in [-0.1, -0.05) is 41.9 Å². The largest absolute Gasteiger partial charge is 0.283 e. The molecule has 4 rings (SSSR count). The average molecular weight is 496 g/mol. The third kappa shape index (κ3) is 4.62. The average Bonchev–Trinajstić information content (AvgIpc) is 3.37. The summed E-state index contributed by atoms with van der Waals surface area (Å²) in [4.78, 5) is 0.868. The van der Waals surface area contributed by atoms with Crippen molar-refractivity contribution in [2.75, 3.05) is 11.0 Å². The Kier molecular flexibility index (Phi) is 5.82. The molecule has 1 N–H and O–H groups in total. The van der Waals surface area contributed by atoms with Crippen LogP contribution < -0.4 is 4.72 Å². The molecule has 11 heteroatoms. The van der Waals surface area contributed by atoms with E-state index in [1.165, 1.54) is 23.5 Å². The predicted molar refractivity (Wildman–Crippen MR) is 124 cm³/mol. The van der Waals surface area contributed by atoms with Crippen LogP contribution in [-0.2, 0) is 20.0 Å². The molecular weight excluding hydrogens is 478 g/mol. The molecule has 2 aromatic carbocycles. The van der Waals surface area contributed by atoms with Crippen LogP contribution in [-0.4, -0.2) is 33.2 Å². The van der Waals surface area contributed by atoms with E-state index in [-0.39, 0.29) is 4.90 Å². The first-order chi connectivity index (χ1) is 14.6. The number of halogens is 1. The highest BCUT2D eigenvalue weighted by Crippen LogP contribution is 2.40. The van der Waals surface area contributed by atoms with Gasteiger partial charge in [-0.3, -0.25) is 4.72 Å². The molecule has 0 bridgehead atoms. The highest BCUT2D eigenvalue weighted by atomic mass is 35.5. The van der Waals surface area contributed by atoms with Crippen molar-refractivity contribution >= 4 is 54.4 Å². The summed E-state index contributed by atoms with van der Waals surface area (Å²) >= 11 is 7.45. The third-order valence-corrected chi connectivity index (χ3v) is 8.10. The molecule has 0 aliphatic carbocycles. The lowest BCUT2D eigenvalue weighted by atomic mass is 10.0. The molecule has 7 nitrogen and oxygen atoms in total. The molecule has 3 aromatic rings. The van der Waals surface area contributed by atoms with Gasteiger partial charge in [0.2, 0.25) is 10.0 Å². The Hall–Kier alpha value is -2.40. The van der Waals surface area contributed by atoms with Crippen molar-refractivity contribution in [2.45, 2.75) is 17.4 Å². The van der Waals surface area contributed by atoms with Crippen molar-refractivity contribution in [3.05, 3.63) is 81.5 Å². The summed E-state index contributed by atoms with van der Waals surface area (Å²) in [6.07, 6.45) is 1.35. The molecule has 162 valence electrons. The topological polar surface area (TPSA) is 95.9 Å². The van der Waals surface area contributed by atoms with Crippen LogP contribution in [0.3, 0.4) is 0 Å². The summed E-state index contributed by atoms with van der Waals surface area (Å²) in [5, 5.41) is 6.63. The second kappa shape index (κ2) is 8.27. The van der Waals surface area contributed by atoms with E-state index in [1.54, 1.807) is 36.4 Å². The number of anilines is 1. The molecule has 0 saturated heterocycles. The minimum Gasteiger partial charge on any atom is -0.283 e. The van der Waals surface area contributed by atoms with Gasteiger partial charge in [0.1, 0.15) is 6.04 Å².